The van der Waals surface area contributed by atoms with E-state index in [4.69, 9.17) is 4.74 Å². The molecule has 0 spiro atoms. The van der Waals surface area contributed by atoms with Crippen LogP contribution in [0.4, 0.5) is 0 Å². The minimum atomic E-state index is 0.0645. The maximum atomic E-state index is 12.1. The first kappa shape index (κ1) is 15.0. The maximum Gasteiger partial charge on any atom is 0.261 e. The number of piperazine rings is 1. The van der Waals surface area contributed by atoms with Crippen molar-refractivity contribution in [2.45, 2.75) is 19.4 Å². The van der Waals surface area contributed by atoms with Gasteiger partial charge in [0.2, 0.25) is 0 Å². The fourth-order valence-corrected chi connectivity index (χ4v) is 3.85. The number of amides is 1. The van der Waals surface area contributed by atoms with Crippen LogP contribution in [0.3, 0.4) is 0 Å². The summed E-state index contributed by atoms with van der Waals surface area (Å²) in [6.45, 7) is 7.64. The molecule has 0 aliphatic carbocycles. The van der Waals surface area contributed by atoms with Gasteiger partial charge in [0.1, 0.15) is 0 Å². The zero-order valence-corrected chi connectivity index (χ0v) is 13.1. The van der Waals surface area contributed by atoms with Crippen LogP contribution in [0, 0.1) is 0 Å². The number of hydrogen-bond acceptors (Lipinski definition) is 5. The van der Waals surface area contributed by atoms with E-state index in [2.05, 4.69) is 15.5 Å². The highest BCUT2D eigenvalue weighted by atomic mass is 32.1. The number of fused-ring (bicyclic) bond motifs is 1. The van der Waals surface area contributed by atoms with E-state index >= 15 is 0 Å². The molecule has 1 saturated heterocycles. The molecular formula is C15H23N3O2S. The van der Waals surface area contributed by atoms with Gasteiger partial charge in [-0.3, -0.25) is 4.79 Å². The van der Waals surface area contributed by atoms with Gasteiger partial charge in [0, 0.05) is 44.0 Å². The Morgan fingerprint density at radius 2 is 2.29 bits per heavy atom. The summed E-state index contributed by atoms with van der Waals surface area (Å²) >= 11 is 1.62. The first-order chi connectivity index (χ1) is 10.3. The first-order valence-corrected chi connectivity index (χ1v) is 8.55. The molecule has 0 radical (unpaired) electrons. The van der Waals surface area contributed by atoms with Gasteiger partial charge in [-0.2, -0.15) is 0 Å². The average Bonchev–Trinajstić information content (AvgIpc) is 2.96. The molecule has 0 aromatic carbocycles. The fourth-order valence-electron chi connectivity index (χ4n) is 2.79. The van der Waals surface area contributed by atoms with Gasteiger partial charge in [0.05, 0.1) is 18.1 Å². The Morgan fingerprint density at radius 3 is 3.10 bits per heavy atom. The summed E-state index contributed by atoms with van der Waals surface area (Å²) in [4.78, 5) is 16.7. The quantitative estimate of drug-likeness (QED) is 0.792. The topological polar surface area (TPSA) is 53.6 Å². The zero-order valence-electron chi connectivity index (χ0n) is 12.3. The van der Waals surface area contributed by atoms with Gasteiger partial charge in [0.15, 0.2) is 0 Å². The molecule has 2 aliphatic heterocycles. The van der Waals surface area contributed by atoms with E-state index < -0.39 is 0 Å². The third-order valence-electron chi connectivity index (χ3n) is 4.00. The summed E-state index contributed by atoms with van der Waals surface area (Å²) in [5, 5.41) is 6.38. The average molecular weight is 309 g/mol. The van der Waals surface area contributed by atoms with Crippen molar-refractivity contribution in [2.75, 3.05) is 45.9 Å². The molecule has 1 amide bonds. The van der Waals surface area contributed by atoms with Gasteiger partial charge in [-0.15, -0.1) is 11.3 Å². The molecule has 3 heterocycles. The minimum absolute atomic E-state index is 0.0645. The van der Waals surface area contributed by atoms with Crippen LogP contribution in [0.5, 0.6) is 0 Å². The van der Waals surface area contributed by atoms with Gasteiger partial charge < -0.3 is 20.3 Å². The van der Waals surface area contributed by atoms with Gasteiger partial charge in [-0.05, 0) is 24.6 Å². The van der Waals surface area contributed by atoms with E-state index in [-0.39, 0.29) is 5.91 Å². The lowest BCUT2D eigenvalue weighted by molar-refractivity contribution is 0.0954. The summed E-state index contributed by atoms with van der Waals surface area (Å²) in [5.74, 6) is 0.0645. The second-order valence-electron chi connectivity index (χ2n) is 5.56. The van der Waals surface area contributed by atoms with E-state index in [0.29, 0.717) is 6.61 Å². The molecule has 1 aromatic rings. The minimum Gasteiger partial charge on any atom is -0.376 e. The molecule has 0 bridgehead atoms. The van der Waals surface area contributed by atoms with Crippen LogP contribution < -0.4 is 10.6 Å². The van der Waals surface area contributed by atoms with Gasteiger partial charge >= 0.3 is 0 Å². The summed E-state index contributed by atoms with van der Waals surface area (Å²) in [6, 6.07) is 1.99. The summed E-state index contributed by atoms with van der Waals surface area (Å²) in [6.07, 6.45) is 1.95. The predicted molar refractivity (Wildman–Crippen MR) is 83.9 cm³/mol. The number of carbonyl (C=O) groups is 1. The number of nitrogens with one attached hydrogen (secondary N) is 2. The molecule has 0 atom stereocenters. The van der Waals surface area contributed by atoms with Crippen LogP contribution >= 0.6 is 11.3 Å². The Labute approximate surface area is 129 Å². The molecule has 5 nitrogen and oxygen atoms in total. The Bertz CT molecular complexity index is 460. The lowest BCUT2D eigenvalue weighted by Crippen LogP contribution is -2.44. The number of thiophene rings is 1. The van der Waals surface area contributed by atoms with E-state index in [1.165, 1.54) is 10.4 Å². The second-order valence-corrected chi connectivity index (χ2v) is 6.70. The van der Waals surface area contributed by atoms with Crippen molar-refractivity contribution in [1.82, 2.24) is 15.5 Å². The molecule has 6 heteroatoms. The van der Waals surface area contributed by atoms with Crippen molar-refractivity contribution in [1.29, 1.82) is 0 Å². The molecule has 0 unspecified atom stereocenters. The Morgan fingerprint density at radius 1 is 1.43 bits per heavy atom. The van der Waals surface area contributed by atoms with E-state index in [1.807, 2.05) is 6.07 Å². The molecule has 21 heavy (non-hydrogen) atoms. The number of rotatable bonds is 5. The lowest BCUT2D eigenvalue weighted by Gasteiger charge is -2.27. The van der Waals surface area contributed by atoms with Crippen molar-refractivity contribution in [2.24, 2.45) is 0 Å². The van der Waals surface area contributed by atoms with Crippen LogP contribution in [0.1, 0.15) is 26.5 Å². The highest BCUT2D eigenvalue weighted by Gasteiger charge is 2.17. The van der Waals surface area contributed by atoms with E-state index in [9.17, 15) is 4.79 Å². The fraction of sp³-hybridized carbons (Fsp3) is 0.667. The molecule has 1 aromatic heterocycles. The highest BCUT2D eigenvalue weighted by molar-refractivity contribution is 7.14. The molecule has 2 aliphatic rings. The van der Waals surface area contributed by atoms with Crippen LogP contribution in [-0.4, -0.2) is 56.7 Å². The molecule has 3 rings (SSSR count). The van der Waals surface area contributed by atoms with Crippen LogP contribution in [-0.2, 0) is 17.8 Å². The van der Waals surface area contributed by atoms with Crippen molar-refractivity contribution >= 4 is 17.2 Å². The van der Waals surface area contributed by atoms with Crippen LogP contribution in [0.25, 0.3) is 0 Å². The van der Waals surface area contributed by atoms with Crippen LogP contribution in [0.2, 0.25) is 0 Å². The summed E-state index contributed by atoms with van der Waals surface area (Å²) in [7, 11) is 0. The molecule has 1 fully saturated rings. The smallest absolute Gasteiger partial charge is 0.261 e. The van der Waals surface area contributed by atoms with Gasteiger partial charge in [-0.1, -0.05) is 0 Å². The number of nitrogens with zero attached hydrogens (tertiary/aromatic N) is 1. The van der Waals surface area contributed by atoms with Crippen molar-refractivity contribution < 1.29 is 9.53 Å². The van der Waals surface area contributed by atoms with Crippen LogP contribution in [0.15, 0.2) is 6.07 Å². The van der Waals surface area contributed by atoms with Gasteiger partial charge in [-0.25, -0.2) is 0 Å². The second kappa shape index (κ2) is 7.35. The van der Waals surface area contributed by atoms with Crippen molar-refractivity contribution in [3.8, 4) is 0 Å². The Balaban J connectivity index is 1.40. The third kappa shape index (κ3) is 4.03. The number of ether oxygens (including phenoxy) is 1. The molecule has 2 N–H and O–H groups in total. The van der Waals surface area contributed by atoms with Crippen molar-refractivity contribution in [3.05, 3.63) is 21.4 Å². The maximum absolute atomic E-state index is 12.1. The van der Waals surface area contributed by atoms with Crippen molar-refractivity contribution in [3.63, 3.8) is 0 Å². The predicted octanol–water partition coefficient (Wildman–Crippen LogP) is 0.846. The zero-order chi connectivity index (χ0) is 14.5. The largest absolute Gasteiger partial charge is 0.376 e. The van der Waals surface area contributed by atoms with E-state index in [1.54, 1.807) is 11.3 Å². The summed E-state index contributed by atoms with van der Waals surface area (Å²) < 4.78 is 5.42. The SMILES string of the molecule is O=C(NCCCN1CCNCC1)c1cc2c(s1)CCOC2. The molecule has 116 valence electrons. The third-order valence-corrected chi connectivity index (χ3v) is 5.23. The standard InChI is InChI=1S/C15H23N3O2S/c19-15(14-10-12-11-20-9-2-13(12)21-14)17-3-1-6-18-7-4-16-5-8-18/h10,16H,1-9,11H2,(H,17,19). The molecular weight excluding hydrogens is 286 g/mol. The Kier molecular flexibility index (Phi) is 5.24. The van der Waals surface area contributed by atoms with Gasteiger partial charge in [0.25, 0.3) is 5.91 Å². The number of hydrogen-bond donors (Lipinski definition) is 2. The lowest BCUT2D eigenvalue weighted by atomic mass is 10.2. The normalized spacial score (nSPS) is 19.2. The molecule has 0 saturated carbocycles. The van der Waals surface area contributed by atoms with E-state index in [0.717, 1.165) is 63.6 Å². The Hall–Kier alpha value is -0.950. The monoisotopic (exact) mass is 309 g/mol. The number of carbonyl (C=O) groups excluding carboxylic acids is 1. The highest BCUT2D eigenvalue weighted by Crippen LogP contribution is 2.26. The first-order valence-electron chi connectivity index (χ1n) is 7.73. The summed E-state index contributed by atoms with van der Waals surface area (Å²) in [5.41, 5.74) is 1.19.